The van der Waals surface area contributed by atoms with Crippen molar-refractivity contribution >= 4 is 27.8 Å². The van der Waals surface area contributed by atoms with Gasteiger partial charge >= 0.3 is 0 Å². The maximum Gasteiger partial charge on any atom is 0.185 e. The van der Waals surface area contributed by atoms with E-state index in [4.69, 9.17) is 9.47 Å². The van der Waals surface area contributed by atoms with Crippen molar-refractivity contribution in [2.24, 2.45) is 0 Å². The molecule has 0 radical (unpaired) electrons. The minimum Gasteiger partial charge on any atom is -0.503 e. The Morgan fingerprint density at radius 3 is 2.78 bits per heavy atom. The van der Waals surface area contributed by atoms with Gasteiger partial charge < -0.3 is 14.6 Å². The van der Waals surface area contributed by atoms with E-state index >= 15 is 0 Å². The molecule has 23 heavy (non-hydrogen) atoms. The zero-order valence-electron chi connectivity index (χ0n) is 12.9. The standard InChI is InChI=1S/C18H17BrO4/c1-3-23-17-10-12(9-15(19)18(17)21)7-8-16(20)13-5-4-6-14(11-13)22-2/h4-11,21H,3H2,1-2H3/b8-7+. The Labute approximate surface area is 143 Å². The molecule has 0 unspecified atom stereocenters. The molecule has 0 aliphatic rings. The summed E-state index contributed by atoms with van der Waals surface area (Å²) in [5, 5.41) is 9.89. The van der Waals surface area contributed by atoms with E-state index in [1.165, 1.54) is 6.08 Å². The number of rotatable bonds is 6. The van der Waals surface area contributed by atoms with Crippen LogP contribution in [0.15, 0.2) is 46.9 Å². The average molecular weight is 377 g/mol. The average Bonchev–Trinajstić information content (AvgIpc) is 2.57. The Balaban J connectivity index is 2.23. The summed E-state index contributed by atoms with van der Waals surface area (Å²) in [7, 11) is 1.56. The first-order valence-corrected chi connectivity index (χ1v) is 7.86. The van der Waals surface area contributed by atoms with Crippen LogP contribution in [-0.2, 0) is 0 Å². The van der Waals surface area contributed by atoms with E-state index < -0.39 is 0 Å². The van der Waals surface area contributed by atoms with Gasteiger partial charge in [-0.15, -0.1) is 0 Å². The van der Waals surface area contributed by atoms with E-state index in [0.717, 1.165) is 5.56 Å². The Morgan fingerprint density at radius 2 is 2.09 bits per heavy atom. The molecule has 2 aromatic carbocycles. The lowest BCUT2D eigenvalue weighted by Gasteiger charge is -2.08. The Morgan fingerprint density at radius 1 is 1.30 bits per heavy atom. The normalized spacial score (nSPS) is 10.7. The van der Waals surface area contributed by atoms with Crippen molar-refractivity contribution in [2.75, 3.05) is 13.7 Å². The molecule has 0 bridgehead atoms. The molecule has 0 aliphatic carbocycles. The predicted molar refractivity (Wildman–Crippen MR) is 93.3 cm³/mol. The first-order valence-electron chi connectivity index (χ1n) is 7.07. The fourth-order valence-corrected chi connectivity index (χ4v) is 2.46. The molecular formula is C18H17BrO4. The van der Waals surface area contributed by atoms with E-state index in [2.05, 4.69) is 15.9 Å². The minimum absolute atomic E-state index is 0.0446. The van der Waals surface area contributed by atoms with Crippen LogP contribution >= 0.6 is 15.9 Å². The van der Waals surface area contributed by atoms with Crippen LogP contribution in [0.25, 0.3) is 6.08 Å². The van der Waals surface area contributed by atoms with Crippen LogP contribution in [0.5, 0.6) is 17.2 Å². The summed E-state index contributed by atoms with van der Waals surface area (Å²) in [5.74, 6) is 0.916. The van der Waals surface area contributed by atoms with Gasteiger partial charge in [0.2, 0.25) is 0 Å². The largest absolute Gasteiger partial charge is 0.503 e. The van der Waals surface area contributed by atoms with Crippen LogP contribution < -0.4 is 9.47 Å². The minimum atomic E-state index is -0.133. The molecule has 0 heterocycles. The summed E-state index contributed by atoms with van der Waals surface area (Å²) >= 11 is 3.27. The molecule has 120 valence electrons. The van der Waals surface area contributed by atoms with Crippen LogP contribution in [0.4, 0.5) is 0 Å². The zero-order chi connectivity index (χ0) is 16.8. The molecule has 0 fully saturated rings. The molecule has 5 heteroatoms. The highest BCUT2D eigenvalue weighted by atomic mass is 79.9. The van der Waals surface area contributed by atoms with Gasteiger partial charge in [0.15, 0.2) is 17.3 Å². The maximum absolute atomic E-state index is 12.2. The van der Waals surface area contributed by atoms with Gasteiger partial charge in [0.25, 0.3) is 0 Å². The number of hydrogen-bond acceptors (Lipinski definition) is 4. The zero-order valence-corrected chi connectivity index (χ0v) is 14.5. The molecule has 0 amide bonds. The summed E-state index contributed by atoms with van der Waals surface area (Å²) in [6.07, 6.45) is 3.15. The van der Waals surface area contributed by atoms with Crippen LogP contribution in [0.3, 0.4) is 0 Å². The van der Waals surface area contributed by atoms with Crippen molar-refractivity contribution in [3.8, 4) is 17.2 Å². The molecule has 0 atom stereocenters. The molecule has 4 nitrogen and oxygen atoms in total. The van der Waals surface area contributed by atoms with Crippen LogP contribution in [-0.4, -0.2) is 24.6 Å². The van der Waals surface area contributed by atoms with Gasteiger partial charge in [-0.2, -0.15) is 0 Å². The van der Waals surface area contributed by atoms with Crippen LogP contribution in [0.1, 0.15) is 22.8 Å². The number of phenolic OH excluding ortho intramolecular Hbond substituents is 1. The fraction of sp³-hybridized carbons (Fsp3) is 0.167. The number of phenols is 1. The number of benzene rings is 2. The second-order valence-electron chi connectivity index (χ2n) is 4.71. The number of methoxy groups -OCH3 is 1. The topological polar surface area (TPSA) is 55.8 Å². The van der Waals surface area contributed by atoms with Gasteiger partial charge in [-0.3, -0.25) is 4.79 Å². The number of ketones is 1. The first-order chi connectivity index (χ1) is 11.0. The van der Waals surface area contributed by atoms with Crippen molar-refractivity contribution in [1.82, 2.24) is 0 Å². The van der Waals surface area contributed by atoms with E-state index in [1.54, 1.807) is 49.6 Å². The monoisotopic (exact) mass is 376 g/mol. The number of halogens is 1. The fourth-order valence-electron chi connectivity index (χ4n) is 2.00. The van der Waals surface area contributed by atoms with E-state index in [0.29, 0.717) is 28.1 Å². The molecule has 2 rings (SSSR count). The lowest BCUT2D eigenvalue weighted by molar-refractivity contribution is 0.104. The number of hydrogen-bond donors (Lipinski definition) is 1. The number of allylic oxidation sites excluding steroid dienone is 1. The summed E-state index contributed by atoms with van der Waals surface area (Å²) < 4.78 is 11.0. The quantitative estimate of drug-likeness (QED) is 0.597. The van der Waals surface area contributed by atoms with Gasteiger partial charge in [-0.05, 0) is 58.8 Å². The van der Waals surface area contributed by atoms with Gasteiger partial charge in [-0.25, -0.2) is 0 Å². The van der Waals surface area contributed by atoms with E-state index in [9.17, 15) is 9.90 Å². The molecule has 0 aromatic heterocycles. The summed E-state index contributed by atoms with van der Waals surface area (Å²) in [6, 6.07) is 10.4. The van der Waals surface area contributed by atoms with Crippen LogP contribution in [0.2, 0.25) is 0 Å². The molecule has 0 aliphatic heterocycles. The third-order valence-corrected chi connectivity index (χ3v) is 3.74. The highest BCUT2D eigenvalue weighted by Gasteiger charge is 2.09. The Bertz CT molecular complexity index is 738. The second-order valence-corrected chi connectivity index (χ2v) is 5.57. The lowest BCUT2D eigenvalue weighted by Crippen LogP contribution is -1.95. The van der Waals surface area contributed by atoms with Crippen molar-refractivity contribution in [3.05, 3.63) is 58.1 Å². The maximum atomic E-state index is 12.2. The molecular weight excluding hydrogens is 360 g/mol. The Kier molecular flexibility index (Phi) is 5.82. The number of aromatic hydroxyl groups is 1. The summed E-state index contributed by atoms with van der Waals surface area (Å²) in [4.78, 5) is 12.2. The van der Waals surface area contributed by atoms with Gasteiger partial charge in [0, 0.05) is 5.56 Å². The van der Waals surface area contributed by atoms with Gasteiger partial charge in [0.05, 0.1) is 18.2 Å². The number of carbonyl (C=O) groups excluding carboxylic acids is 1. The summed E-state index contributed by atoms with van der Waals surface area (Å²) in [6.45, 7) is 2.28. The lowest BCUT2D eigenvalue weighted by atomic mass is 10.1. The van der Waals surface area contributed by atoms with Gasteiger partial charge in [-0.1, -0.05) is 18.2 Å². The van der Waals surface area contributed by atoms with E-state index in [1.807, 2.05) is 6.92 Å². The third-order valence-electron chi connectivity index (χ3n) is 3.13. The Hall–Kier alpha value is -2.27. The molecule has 2 aromatic rings. The first kappa shape index (κ1) is 17.1. The SMILES string of the molecule is CCOc1cc(/C=C/C(=O)c2cccc(OC)c2)cc(Br)c1O. The van der Waals surface area contributed by atoms with Gasteiger partial charge in [0.1, 0.15) is 5.75 Å². The second kappa shape index (κ2) is 7.83. The molecule has 1 N–H and O–H groups in total. The third kappa shape index (κ3) is 4.36. The van der Waals surface area contributed by atoms with Crippen molar-refractivity contribution < 1.29 is 19.4 Å². The summed E-state index contributed by atoms with van der Waals surface area (Å²) in [5.41, 5.74) is 1.29. The highest BCUT2D eigenvalue weighted by Crippen LogP contribution is 2.35. The van der Waals surface area contributed by atoms with Crippen molar-refractivity contribution in [1.29, 1.82) is 0 Å². The molecule has 0 saturated carbocycles. The van der Waals surface area contributed by atoms with E-state index in [-0.39, 0.29) is 11.5 Å². The smallest absolute Gasteiger partial charge is 0.185 e. The molecule has 0 saturated heterocycles. The molecule has 0 spiro atoms. The van der Waals surface area contributed by atoms with Crippen molar-refractivity contribution in [2.45, 2.75) is 6.92 Å². The number of ether oxygens (including phenoxy) is 2. The predicted octanol–water partition coefficient (Wildman–Crippen LogP) is 4.46. The van der Waals surface area contributed by atoms with Crippen molar-refractivity contribution in [3.63, 3.8) is 0 Å². The van der Waals surface area contributed by atoms with Crippen LogP contribution in [0, 0.1) is 0 Å². The number of carbonyl (C=O) groups is 1. The highest BCUT2D eigenvalue weighted by molar-refractivity contribution is 9.10.